The summed E-state index contributed by atoms with van der Waals surface area (Å²) in [6.45, 7) is 7.12. The zero-order chi connectivity index (χ0) is 16.2. The number of unbranched alkanes of at least 4 members (excludes halogenated alkanes) is 3. The molecule has 0 saturated carbocycles. The van der Waals surface area contributed by atoms with Gasteiger partial charge in [-0.05, 0) is 26.7 Å². The zero-order valence-electron chi connectivity index (χ0n) is 14.9. The lowest BCUT2D eigenvalue weighted by Gasteiger charge is -2.17. The van der Waals surface area contributed by atoms with Crippen molar-refractivity contribution < 1.29 is 4.52 Å². The first-order valence-corrected chi connectivity index (χ1v) is 8.42. The number of nitrogens with zero attached hydrogens (tertiary/aromatic N) is 3. The minimum absolute atomic E-state index is 0. The lowest BCUT2D eigenvalue weighted by atomic mass is 10.1. The Bertz CT molecular complexity index is 436. The van der Waals surface area contributed by atoms with Gasteiger partial charge in [0.2, 0.25) is 5.89 Å². The zero-order valence-corrected chi connectivity index (χ0v) is 17.2. The van der Waals surface area contributed by atoms with Crippen LogP contribution in [0, 0.1) is 6.92 Å². The number of guanidine groups is 1. The molecular formula is C16H32IN5O. The highest BCUT2D eigenvalue weighted by Crippen LogP contribution is 2.05. The van der Waals surface area contributed by atoms with Gasteiger partial charge >= 0.3 is 0 Å². The molecule has 0 aliphatic carbocycles. The highest BCUT2D eigenvalue weighted by Gasteiger charge is 2.06. The molecule has 1 aromatic heterocycles. The second-order valence-electron chi connectivity index (χ2n) is 5.73. The predicted octanol–water partition coefficient (Wildman–Crippen LogP) is 3.45. The minimum Gasteiger partial charge on any atom is -0.356 e. The summed E-state index contributed by atoms with van der Waals surface area (Å²) >= 11 is 0. The van der Waals surface area contributed by atoms with Gasteiger partial charge in [-0.2, -0.15) is 4.98 Å². The molecule has 1 rings (SSSR count). The first-order valence-electron chi connectivity index (χ1n) is 8.42. The average molecular weight is 437 g/mol. The third-order valence-electron chi connectivity index (χ3n) is 3.53. The second-order valence-corrected chi connectivity index (χ2v) is 5.73. The number of nitrogens with one attached hydrogen (secondary N) is 2. The number of halogens is 1. The Kier molecular flexibility index (Phi) is 13.1. The molecule has 0 amide bonds. The molecule has 0 spiro atoms. The van der Waals surface area contributed by atoms with Gasteiger partial charge in [-0.25, -0.2) is 0 Å². The van der Waals surface area contributed by atoms with Crippen molar-refractivity contribution in [1.29, 1.82) is 0 Å². The van der Waals surface area contributed by atoms with E-state index in [9.17, 15) is 0 Å². The van der Waals surface area contributed by atoms with Crippen molar-refractivity contribution in [3.05, 3.63) is 11.7 Å². The van der Waals surface area contributed by atoms with Crippen molar-refractivity contribution in [3.63, 3.8) is 0 Å². The quantitative estimate of drug-likeness (QED) is 0.254. The lowest BCUT2D eigenvalue weighted by molar-refractivity contribution is 0.372. The Hall–Kier alpha value is -0.860. The standard InChI is InChI=1S/C16H31N5O.HI/c1-5-6-7-8-10-13(2)19-16(17-4)18-12-9-11-15-20-14(3)21-22-15;/h13H,5-12H2,1-4H3,(H2,17,18,19);1H. The summed E-state index contributed by atoms with van der Waals surface area (Å²) in [5, 5.41) is 10.5. The van der Waals surface area contributed by atoms with E-state index in [1.54, 1.807) is 7.05 Å². The summed E-state index contributed by atoms with van der Waals surface area (Å²) in [5.74, 6) is 2.26. The summed E-state index contributed by atoms with van der Waals surface area (Å²) in [5.41, 5.74) is 0. The molecule has 0 aromatic carbocycles. The first kappa shape index (κ1) is 22.1. The SMILES string of the molecule is CCCCCCC(C)NC(=NC)NCCCc1nc(C)no1.I. The predicted molar refractivity (Wildman–Crippen MR) is 105 cm³/mol. The molecule has 0 aliphatic heterocycles. The molecule has 0 aliphatic rings. The van der Waals surface area contributed by atoms with E-state index in [0.29, 0.717) is 17.8 Å². The van der Waals surface area contributed by atoms with Gasteiger partial charge in [0, 0.05) is 26.1 Å². The normalized spacial score (nSPS) is 12.6. The van der Waals surface area contributed by atoms with Crippen LogP contribution in [0.2, 0.25) is 0 Å². The maximum Gasteiger partial charge on any atom is 0.226 e. The van der Waals surface area contributed by atoms with Crippen LogP contribution in [0.1, 0.15) is 64.1 Å². The molecule has 23 heavy (non-hydrogen) atoms. The van der Waals surface area contributed by atoms with Gasteiger partial charge in [0.1, 0.15) is 0 Å². The van der Waals surface area contributed by atoms with E-state index in [0.717, 1.165) is 25.3 Å². The second kappa shape index (κ2) is 13.6. The van der Waals surface area contributed by atoms with Gasteiger partial charge in [0.15, 0.2) is 11.8 Å². The summed E-state index contributed by atoms with van der Waals surface area (Å²) in [4.78, 5) is 8.46. The summed E-state index contributed by atoms with van der Waals surface area (Å²) in [6.07, 6.45) is 8.11. The molecule has 0 fully saturated rings. The summed E-state index contributed by atoms with van der Waals surface area (Å²) in [7, 11) is 1.81. The van der Waals surface area contributed by atoms with Gasteiger partial charge in [0.25, 0.3) is 0 Å². The van der Waals surface area contributed by atoms with Crippen LogP contribution < -0.4 is 10.6 Å². The van der Waals surface area contributed by atoms with Crippen molar-refractivity contribution in [3.8, 4) is 0 Å². The van der Waals surface area contributed by atoms with Crippen LogP contribution >= 0.6 is 24.0 Å². The number of aliphatic imine (C=N–C) groups is 1. The van der Waals surface area contributed by atoms with Gasteiger partial charge in [-0.3, -0.25) is 4.99 Å². The molecule has 1 heterocycles. The van der Waals surface area contributed by atoms with Crippen molar-refractivity contribution in [2.45, 2.75) is 71.8 Å². The number of rotatable bonds is 10. The van der Waals surface area contributed by atoms with E-state index >= 15 is 0 Å². The third-order valence-corrected chi connectivity index (χ3v) is 3.53. The highest BCUT2D eigenvalue weighted by atomic mass is 127. The Balaban J connectivity index is 0.00000484. The van der Waals surface area contributed by atoms with Crippen molar-refractivity contribution in [2.24, 2.45) is 4.99 Å². The molecular weight excluding hydrogens is 405 g/mol. The highest BCUT2D eigenvalue weighted by molar-refractivity contribution is 14.0. The number of hydrogen-bond acceptors (Lipinski definition) is 4. The molecule has 1 aromatic rings. The molecule has 1 unspecified atom stereocenters. The molecule has 0 radical (unpaired) electrons. The van der Waals surface area contributed by atoms with Gasteiger partial charge in [-0.15, -0.1) is 24.0 Å². The van der Waals surface area contributed by atoms with E-state index in [-0.39, 0.29) is 24.0 Å². The van der Waals surface area contributed by atoms with Crippen molar-refractivity contribution in [1.82, 2.24) is 20.8 Å². The van der Waals surface area contributed by atoms with E-state index in [1.165, 1.54) is 32.1 Å². The molecule has 6 nitrogen and oxygen atoms in total. The Labute approximate surface area is 157 Å². The smallest absolute Gasteiger partial charge is 0.226 e. The lowest BCUT2D eigenvalue weighted by Crippen LogP contribution is -2.42. The van der Waals surface area contributed by atoms with Crippen LogP contribution in [0.25, 0.3) is 0 Å². The van der Waals surface area contributed by atoms with Crippen LogP contribution in [0.15, 0.2) is 9.52 Å². The fourth-order valence-electron chi connectivity index (χ4n) is 2.27. The molecule has 0 bridgehead atoms. The van der Waals surface area contributed by atoms with Crippen LogP contribution in [0.3, 0.4) is 0 Å². The first-order chi connectivity index (χ1) is 10.7. The molecule has 7 heteroatoms. The summed E-state index contributed by atoms with van der Waals surface area (Å²) in [6, 6.07) is 0.446. The maximum atomic E-state index is 5.09. The monoisotopic (exact) mass is 437 g/mol. The largest absolute Gasteiger partial charge is 0.356 e. The van der Waals surface area contributed by atoms with Crippen LogP contribution in [0.4, 0.5) is 0 Å². The van der Waals surface area contributed by atoms with Crippen LogP contribution in [-0.2, 0) is 6.42 Å². The van der Waals surface area contributed by atoms with Crippen molar-refractivity contribution >= 4 is 29.9 Å². The fourth-order valence-corrected chi connectivity index (χ4v) is 2.27. The Morgan fingerprint density at radius 3 is 2.65 bits per heavy atom. The number of hydrogen-bond donors (Lipinski definition) is 2. The van der Waals surface area contributed by atoms with Gasteiger partial charge in [0.05, 0.1) is 0 Å². The molecule has 1 atom stereocenters. The summed E-state index contributed by atoms with van der Waals surface area (Å²) < 4.78 is 5.09. The maximum absolute atomic E-state index is 5.09. The van der Waals surface area contributed by atoms with Crippen molar-refractivity contribution in [2.75, 3.05) is 13.6 Å². The van der Waals surface area contributed by atoms with E-state index in [2.05, 4.69) is 39.6 Å². The van der Waals surface area contributed by atoms with Crippen LogP contribution in [-0.4, -0.2) is 35.7 Å². The fraction of sp³-hybridized carbons (Fsp3) is 0.812. The molecule has 2 N–H and O–H groups in total. The Morgan fingerprint density at radius 1 is 1.26 bits per heavy atom. The third kappa shape index (κ3) is 10.5. The van der Waals surface area contributed by atoms with E-state index in [4.69, 9.17) is 4.52 Å². The van der Waals surface area contributed by atoms with Gasteiger partial charge < -0.3 is 15.2 Å². The topological polar surface area (TPSA) is 75.3 Å². The number of aromatic nitrogens is 2. The average Bonchev–Trinajstić information content (AvgIpc) is 2.92. The van der Waals surface area contributed by atoms with Crippen LogP contribution in [0.5, 0.6) is 0 Å². The number of aryl methyl sites for hydroxylation is 2. The Morgan fingerprint density at radius 2 is 2.04 bits per heavy atom. The minimum atomic E-state index is 0. The molecule has 0 saturated heterocycles. The molecule has 134 valence electrons. The van der Waals surface area contributed by atoms with E-state index < -0.39 is 0 Å². The van der Waals surface area contributed by atoms with E-state index in [1.807, 2.05) is 6.92 Å². The van der Waals surface area contributed by atoms with Gasteiger partial charge in [-0.1, -0.05) is 37.8 Å².